The minimum atomic E-state index is -0.300. The van der Waals surface area contributed by atoms with E-state index in [0.717, 1.165) is 52.4 Å². The van der Waals surface area contributed by atoms with Crippen LogP contribution in [0, 0.1) is 11.7 Å². The van der Waals surface area contributed by atoms with Gasteiger partial charge in [-0.25, -0.2) is 9.37 Å². The quantitative estimate of drug-likeness (QED) is 0.285. The summed E-state index contributed by atoms with van der Waals surface area (Å²) in [5, 5.41) is 11.3. The number of carbonyl (C=O) groups is 1. The summed E-state index contributed by atoms with van der Waals surface area (Å²) in [7, 11) is 0. The number of H-pyrrole nitrogens is 2. The standard InChI is InChI=1S/C28H21FN8O/c29-18-6-4-15(5-7-18)21-12-31-13-24-25(21)35-27(34-24)26-20-9-22(32-14-23(20)36-37-26)17-8-19(11-30-10-17)33-28(38)16-2-1-3-16/h4-14,16H,1-3H2,(H,33,38)(H,34,35)(H,36,37). The largest absolute Gasteiger partial charge is 0.335 e. The molecule has 7 rings (SSSR count). The fourth-order valence-electron chi connectivity index (χ4n) is 4.70. The first-order chi connectivity index (χ1) is 18.6. The van der Waals surface area contributed by atoms with Gasteiger partial charge in [0.15, 0.2) is 5.82 Å². The Hall–Kier alpha value is -4.99. The minimum Gasteiger partial charge on any atom is -0.335 e. The van der Waals surface area contributed by atoms with Crippen LogP contribution in [0.3, 0.4) is 0 Å². The lowest BCUT2D eigenvalue weighted by atomic mass is 9.85. The molecule has 0 saturated heterocycles. The number of aromatic nitrogens is 7. The van der Waals surface area contributed by atoms with Crippen molar-refractivity contribution in [2.24, 2.45) is 5.92 Å². The number of imidazole rings is 1. The van der Waals surface area contributed by atoms with E-state index in [2.05, 4.69) is 35.5 Å². The molecule has 0 bridgehead atoms. The van der Waals surface area contributed by atoms with Crippen LogP contribution >= 0.6 is 0 Å². The second-order valence-corrected chi connectivity index (χ2v) is 9.44. The van der Waals surface area contributed by atoms with Gasteiger partial charge in [0.25, 0.3) is 0 Å². The number of hydrogen-bond donors (Lipinski definition) is 3. The Kier molecular flexibility index (Phi) is 5.17. The van der Waals surface area contributed by atoms with E-state index in [9.17, 15) is 9.18 Å². The van der Waals surface area contributed by atoms with E-state index in [0.29, 0.717) is 28.4 Å². The zero-order chi connectivity index (χ0) is 25.6. The first kappa shape index (κ1) is 22.2. The van der Waals surface area contributed by atoms with Crippen molar-refractivity contribution < 1.29 is 9.18 Å². The van der Waals surface area contributed by atoms with E-state index in [-0.39, 0.29) is 17.6 Å². The third kappa shape index (κ3) is 3.86. The highest BCUT2D eigenvalue weighted by Crippen LogP contribution is 2.33. The molecular formula is C28H21FN8O. The molecule has 186 valence electrons. The van der Waals surface area contributed by atoms with Crippen molar-refractivity contribution in [3.63, 3.8) is 0 Å². The number of anilines is 1. The molecule has 6 aromatic rings. The molecule has 5 aromatic heterocycles. The Balaban J connectivity index is 1.26. The van der Waals surface area contributed by atoms with Crippen LogP contribution in [0.2, 0.25) is 0 Å². The molecule has 0 aliphatic heterocycles. The lowest BCUT2D eigenvalue weighted by Gasteiger charge is -2.24. The fourth-order valence-corrected chi connectivity index (χ4v) is 4.70. The van der Waals surface area contributed by atoms with Gasteiger partial charge in [0, 0.05) is 34.8 Å². The average Bonchev–Trinajstić information content (AvgIpc) is 3.52. The third-order valence-corrected chi connectivity index (χ3v) is 7.00. The van der Waals surface area contributed by atoms with Gasteiger partial charge in [-0.2, -0.15) is 5.10 Å². The Morgan fingerprint density at radius 3 is 2.61 bits per heavy atom. The molecule has 5 heterocycles. The van der Waals surface area contributed by atoms with Crippen LogP contribution in [0.1, 0.15) is 19.3 Å². The van der Waals surface area contributed by atoms with Crippen molar-refractivity contribution >= 4 is 33.5 Å². The number of rotatable bonds is 5. The number of aromatic amines is 2. The highest BCUT2D eigenvalue weighted by Gasteiger charge is 2.25. The molecule has 9 nitrogen and oxygen atoms in total. The molecule has 1 aliphatic rings. The van der Waals surface area contributed by atoms with Crippen molar-refractivity contribution in [1.82, 2.24) is 35.1 Å². The summed E-state index contributed by atoms with van der Waals surface area (Å²) in [4.78, 5) is 33.8. The first-order valence-electron chi connectivity index (χ1n) is 12.3. The molecule has 0 unspecified atom stereocenters. The monoisotopic (exact) mass is 504 g/mol. The fraction of sp³-hybridized carbons (Fsp3) is 0.143. The summed E-state index contributed by atoms with van der Waals surface area (Å²) in [5.41, 5.74) is 6.56. The number of carbonyl (C=O) groups excluding carboxylic acids is 1. The Morgan fingerprint density at radius 1 is 0.947 bits per heavy atom. The minimum absolute atomic E-state index is 0.0371. The summed E-state index contributed by atoms with van der Waals surface area (Å²) in [6.07, 6.45) is 11.5. The van der Waals surface area contributed by atoms with E-state index in [1.807, 2.05) is 12.1 Å². The van der Waals surface area contributed by atoms with Gasteiger partial charge in [-0.05, 0) is 42.7 Å². The number of benzene rings is 1. The van der Waals surface area contributed by atoms with Crippen LogP contribution in [0.25, 0.3) is 55.8 Å². The highest BCUT2D eigenvalue weighted by molar-refractivity contribution is 5.98. The summed E-state index contributed by atoms with van der Waals surface area (Å²) in [6, 6.07) is 10.0. The van der Waals surface area contributed by atoms with Crippen LogP contribution in [0.5, 0.6) is 0 Å². The second kappa shape index (κ2) is 8.84. The molecule has 0 atom stereocenters. The molecule has 1 aromatic carbocycles. The van der Waals surface area contributed by atoms with Crippen LogP contribution < -0.4 is 5.32 Å². The molecule has 3 N–H and O–H groups in total. The topological polar surface area (TPSA) is 125 Å². The molecule has 1 fully saturated rings. The average molecular weight is 505 g/mol. The van der Waals surface area contributed by atoms with Crippen LogP contribution in [-0.2, 0) is 4.79 Å². The summed E-state index contributed by atoms with van der Waals surface area (Å²) >= 11 is 0. The molecular weight excluding hydrogens is 483 g/mol. The van der Waals surface area contributed by atoms with Gasteiger partial charge in [0.05, 0.1) is 46.5 Å². The highest BCUT2D eigenvalue weighted by atomic mass is 19.1. The molecule has 38 heavy (non-hydrogen) atoms. The number of fused-ring (bicyclic) bond motifs is 2. The maximum Gasteiger partial charge on any atom is 0.227 e. The first-order valence-corrected chi connectivity index (χ1v) is 12.3. The van der Waals surface area contributed by atoms with E-state index in [1.165, 1.54) is 12.1 Å². The molecule has 10 heteroatoms. The Morgan fingerprint density at radius 2 is 1.79 bits per heavy atom. The maximum atomic E-state index is 13.5. The number of hydrogen-bond acceptors (Lipinski definition) is 6. The molecule has 0 radical (unpaired) electrons. The number of halogens is 1. The summed E-state index contributed by atoms with van der Waals surface area (Å²) in [5.74, 6) is 0.393. The van der Waals surface area contributed by atoms with E-state index < -0.39 is 0 Å². The lowest BCUT2D eigenvalue weighted by Crippen LogP contribution is -2.28. The maximum absolute atomic E-state index is 13.5. The molecule has 1 aliphatic carbocycles. The van der Waals surface area contributed by atoms with Gasteiger partial charge < -0.3 is 10.3 Å². The normalized spacial score (nSPS) is 13.6. The number of pyridine rings is 3. The smallest absolute Gasteiger partial charge is 0.227 e. The predicted octanol–water partition coefficient (Wildman–Crippen LogP) is 5.50. The zero-order valence-corrected chi connectivity index (χ0v) is 20.1. The van der Waals surface area contributed by atoms with Gasteiger partial charge in [-0.3, -0.25) is 24.8 Å². The summed E-state index contributed by atoms with van der Waals surface area (Å²) < 4.78 is 13.5. The van der Waals surface area contributed by atoms with Gasteiger partial charge in [-0.1, -0.05) is 18.6 Å². The summed E-state index contributed by atoms with van der Waals surface area (Å²) in [6.45, 7) is 0. The van der Waals surface area contributed by atoms with Gasteiger partial charge >= 0.3 is 0 Å². The number of nitrogens with one attached hydrogen (secondary N) is 3. The van der Waals surface area contributed by atoms with Crippen molar-refractivity contribution in [2.45, 2.75) is 19.3 Å². The van der Waals surface area contributed by atoms with Crippen molar-refractivity contribution in [3.05, 3.63) is 73.2 Å². The van der Waals surface area contributed by atoms with E-state index >= 15 is 0 Å². The lowest BCUT2D eigenvalue weighted by molar-refractivity contribution is -0.122. The van der Waals surface area contributed by atoms with E-state index in [1.54, 1.807) is 43.1 Å². The van der Waals surface area contributed by atoms with Gasteiger partial charge in [0.1, 0.15) is 11.5 Å². The SMILES string of the molecule is O=C(Nc1cncc(-c2cc3c(-c4nc5c(-c6ccc(F)cc6)cncc5[nH]4)n[nH]c3cn2)c1)C1CCC1. The van der Waals surface area contributed by atoms with Gasteiger partial charge in [0.2, 0.25) is 5.91 Å². The number of amides is 1. The second-order valence-electron chi connectivity index (χ2n) is 9.44. The molecule has 0 spiro atoms. The van der Waals surface area contributed by atoms with Crippen molar-refractivity contribution in [2.75, 3.05) is 5.32 Å². The third-order valence-electron chi connectivity index (χ3n) is 7.00. The number of nitrogens with zero attached hydrogens (tertiary/aromatic N) is 5. The van der Waals surface area contributed by atoms with Crippen molar-refractivity contribution in [1.29, 1.82) is 0 Å². The van der Waals surface area contributed by atoms with Crippen molar-refractivity contribution in [3.8, 4) is 33.9 Å². The zero-order valence-electron chi connectivity index (χ0n) is 20.1. The van der Waals surface area contributed by atoms with Crippen LogP contribution in [-0.4, -0.2) is 41.0 Å². The Bertz CT molecular complexity index is 1820. The van der Waals surface area contributed by atoms with Crippen LogP contribution in [0.4, 0.5) is 10.1 Å². The molecule has 1 amide bonds. The van der Waals surface area contributed by atoms with Gasteiger partial charge in [-0.15, -0.1) is 0 Å². The van der Waals surface area contributed by atoms with Crippen LogP contribution in [0.15, 0.2) is 67.4 Å². The molecule has 1 saturated carbocycles. The van der Waals surface area contributed by atoms with E-state index in [4.69, 9.17) is 4.98 Å². The predicted molar refractivity (Wildman–Crippen MR) is 141 cm³/mol. The Labute approximate surface area is 215 Å².